The van der Waals surface area contributed by atoms with Crippen LogP contribution in [-0.4, -0.2) is 78.4 Å². The van der Waals surface area contributed by atoms with Gasteiger partial charge in [0.1, 0.15) is 0 Å². The Balaban J connectivity index is 1.42. The molecule has 0 spiro atoms. The van der Waals surface area contributed by atoms with E-state index in [2.05, 4.69) is 9.88 Å². The third kappa shape index (κ3) is 4.42. The maximum atomic E-state index is 13.1. The molecule has 2 unspecified atom stereocenters. The van der Waals surface area contributed by atoms with Crippen molar-refractivity contribution in [2.45, 2.75) is 32.6 Å². The van der Waals surface area contributed by atoms with Crippen LogP contribution >= 0.6 is 11.6 Å². The normalized spacial score (nSPS) is 25.5. The zero-order chi connectivity index (χ0) is 20.6. The number of fused-ring (bicyclic) bond motifs is 1. The van der Waals surface area contributed by atoms with Crippen molar-refractivity contribution in [1.82, 2.24) is 18.5 Å². The fourth-order valence-corrected chi connectivity index (χ4v) is 6.13. The average molecular weight is 439 g/mol. The number of piperazine rings is 1. The maximum Gasteiger partial charge on any atom is 0.282 e. The van der Waals surface area contributed by atoms with E-state index in [-0.39, 0.29) is 12.2 Å². The SMILES string of the molecule is CC1CN(S(=O)(=O)N2CCN(Cc3ccc(Cl)c4cccnc34)CC2)CC(C)O1. The summed E-state index contributed by atoms with van der Waals surface area (Å²) in [6.07, 6.45) is 1.61. The number of halogens is 1. The lowest BCUT2D eigenvalue weighted by Gasteiger charge is -2.40. The van der Waals surface area contributed by atoms with Crippen LogP contribution < -0.4 is 0 Å². The van der Waals surface area contributed by atoms with Crippen molar-refractivity contribution >= 4 is 32.7 Å². The molecule has 1 aromatic carbocycles. The van der Waals surface area contributed by atoms with Crippen LogP contribution in [0.5, 0.6) is 0 Å². The molecular formula is C20H27ClN4O3S. The van der Waals surface area contributed by atoms with Gasteiger partial charge in [-0.2, -0.15) is 17.0 Å². The van der Waals surface area contributed by atoms with Gasteiger partial charge in [0.15, 0.2) is 0 Å². The molecular weight excluding hydrogens is 412 g/mol. The number of hydrogen-bond acceptors (Lipinski definition) is 5. The van der Waals surface area contributed by atoms with E-state index >= 15 is 0 Å². The highest BCUT2D eigenvalue weighted by molar-refractivity contribution is 7.86. The summed E-state index contributed by atoms with van der Waals surface area (Å²) >= 11 is 6.29. The number of morpholine rings is 1. The standard InChI is InChI=1S/C20H27ClN4O3S/c1-15-12-25(13-16(2)28-15)29(26,27)24-10-8-23(9-11-24)14-17-5-6-19(21)18-4-3-7-22-20(17)18/h3-7,15-16H,8-14H2,1-2H3. The minimum atomic E-state index is -3.46. The van der Waals surface area contributed by atoms with E-state index in [0.717, 1.165) is 23.0 Å². The van der Waals surface area contributed by atoms with E-state index in [9.17, 15) is 8.42 Å². The predicted molar refractivity (Wildman–Crippen MR) is 114 cm³/mol. The van der Waals surface area contributed by atoms with Crippen LogP contribution in [-0.2, 0) is 21.5 Å². The molecule has 3 heterocycles. The van der Waals surface area contributed by atoms with Crippen molar-refractivity contribution in [3.63, 3.8) is 0 Å². The largest absolute Gasteiger partial charge is 0.373 e. The lowest BCUT2D eigenvalue weighted by Crippen LogP contribution is -2.57. The monoisotopic (exact) mass is 438 g/mol. The second kappa shape index (κ2) is 8.45. The Hall–Kier alpha value is -1.29. The quantitative estimate of drug-likeness (QED) is 0.733. The van der Waals surface area contributed by atoms with Crippen molar-refractivity contribution in [1.29, 1.82) is 0 Å². The Kier molecular flexibility index (Phi) is 6.11. The van der Waals surface area contributed by atoms with Gasteiger partial charge in [0.05, 0.1) is 17.7 Å². The second-order valence-corrected chi connectivity index (χ2v) is 10.2. The molecule has 2 aliphatic rings. The molecule has 4 rings (SSSR count). The smallest absolute Gasteiger partial charge is 0.282 e. The summed E-state index contributed by atoms with van der Waals surface area (Å²) in [6, 6.07) is 7.78. The Bertz CT molecular complexity index is 969. The zero-order valence-electron chi connectivity index (χ0n) is 16.8. The Morgan fingerprint density at radius 1 is 1.07 bits per heavy atom. The number of hydrogen-bond donors (Lipinski definition) is 0. The zero-order valence-corrected chi connectivity index (χ0v) is 18.4. The first-order chi connectivity index (χ1) is 13.8. The van der Waals surface area contributed by atoms with Gasteiger partial charge in [0, 0.05) is 62.4 Å². The highest BCUT2D eigenvalue weighted by Crippen LogP contribution is 2.26. The van der Waals surface area contributed by atoms with Crippen LogP contribution in [0, 0.1) is 0 Å². The van der Waals surface area contributed by atoms with Crippen LogP contribution in [0.25, 0.3) is 10.9 Å². The fraction of sp³-hybridized carbons (Fsp3) is 0.550. The molecule has 2 saturated heterocycles. The van der Waals surface area contributed by atoms with E-state index in [0.29, 0.717) is 44.3 Å². The third-order valence-electron chi connectivity index (χ3n) is 5.56. The summed E-state index contributed by atoms with van der Waals surface area (Å²) in [4.78, 5) is 6.77. The molecule has 158 valence electrons. The maximum absolute atomic E-state index is 13.1. The third-order valence-corrected chi connectivity index (χ3v) is 7.86. The van der Waals surface area contributed by atoms with E-state index in [1.807, 2.05) is 38.1 Å². The Morgan fingerprint density at radius 2 is 1.76 bits per heavy atom. The fourth-order valence-electron chi connectivity index (χ4n) is 4.17. The van der Waals surface area contributed by atoms with Gasteiger partial charge in [-0.3, -0.25) is 9.88 Å². The molecule has 2 aliphatic heterocycles. The van der Waals surface area contributed by atoms with Crippen molar-refractivity contribution in [2.75, 3.05) is 39.3 Å². The molecule has 1 aromatic heterocycles. The second-order valence-electron chi connectivity index (χ2n) is 7.86. The average Bonchev–Trinajstić information content (AvgIpc) is 2.70. The molecule has 29 heavy (non-hydrogen) atoms. The molecule has 0 saturated carbocycles. The van der Waals surface area contributed by atoms with E-state index in [1.54, 1.807) is 14.8 Å². The predicted octanol–water partition coefficient (Wildman–Crippen LogP) is 2.36. The number of ether oxygens (including phenoxy) is 1. The summed E-state index contributed by atoms with van der Waals surface area (Å²) in [7, 11) is -3.46. The van der Waals surface area contributed by atoms with Gasteiger partial charge >= 0.3 is 0 Å². The van der Waals surface area contributed by atoms with E-state index < -0.39 is 10.2 Å². The Labute approximate surface area is 177 Å². The molecule has 9 heteroatoms. The number of aromatic nitrogens is 1. The molecule has 2 aromatic rings. The summed E-state index contributed by atoms with van der Waals surface area (Å²) in [5.74, 6) is 0. The molecule has 0 aliphatic carbocycles. The van der Waals surface area contributed by atoms with Crippen LogP contribution in [0.15, 0.2) is 30.5 Å². The molecule has 2 fully saturated rings. The lowest BCUT2D eigenvalue weighted by atomic mass is 10.1. The van der Waals surface area contributed by atoms with Gasteiger partial charge in [-0.25, -0.2) is 0 Å². The van der Waals surface area contributed by atoms with Gasteiger partial charge in [-0.05, 0) is 37.6 Å². The lowest BCUT2D eigenvalue weighted by molar-refractivity contribution is -0.0457. The molecule has 0 N–H and O–H groups in total. The first kappa shape index (κ1) is 21.0. The van der Waals surface area contributed by atoms with Gasteiger partial charge < -0.3 is 4.74 Å². The van der Waals surface area contributed by atoms with Gasteiger partial charge in [-0.1, -0.05) is 17.7 Å². The minimum absolute atomic E-state index is 0.0829. The summed E-state index contributed by atoms with van der Waals surface area (Å²) in [6.45, 7) is 7.73. The highest BCUT2D eigenvalue weighted by Gasteiger charge is 2.36. The van der Waals surface area contributed by atoms with Gasteiger partial charge in [0.25, 0.3) is 10.2 Å². The summed E-state index contributed by atoms with van der Waals surface area (Å²) in [5.41, 5.74) is 2.02. The molecule has 0 radical (unpaired) electrons. The molecule has 0 amide bonds. The topological polar surface area (TPSA) is 66.0 Å². The molecule has 2 atom stereocenters. The summed E-state index contributed by atoms with van der Waals surface area (Å²) < 4.78 is 35.0. The van der Waals surface area contributed by atoms with E-state index in [4.69, 9.17) is 16.3 Å². The van der Waals surface area contributed by atoms with Crippen LogP contribution in [0.4, 0.5) is 0 Å². The van der Waals surface area contributed by atoms with Crippen LogP contribution in [0.3, 0.4) is 0 Å². The van der Waals surface area contributed by atoms with Crippen molar-refractivity contribution < 1.29 is 13.2 Å². The van der Waals surface area contributed by atoms with Crippen LogP contribution in [0.1, 0.15) is 19.4 Å². The number of nitrogens with zero attached hydrogens (tertiary/aromatic N) is 4. The van der Waals surface area contributed by atoms with Crippen molar-refractivity contribution in [3.05, 3.63) is 41.0 Å². The first-order valence-corrected chi connectivity index (χ1v) is 11.8. The Morgan fingerprint density at radius 3 is 2.45 bits per heavy atom. The number of pyridine rings is 1. The van der Waals surface area contributed by atoms with Crippen molar-refractivity contribution in [2.24, 2.45) is 0 Å². The van der Waals surface area contributed by atoms with E-state index in [1.165, 1.54) is 0 Å². The van der Waals surface area contributed by atoms with Crippen molar-refractivity contribution in [3.8, 4) is 0 Å². The molecule has 7 nitrogen and oxygen atoms in total. The number of benzene rings is 1. The minimum Gasteiger partial charge on any atom is -0.373 e. The molecule has 0 bridgehead atoms. The number of rotatable bonds is 4. The summed E-state index contributed by atoms with van der Waals surface area (Å²) in [5, 5.41) is 1.64. The van der Waals surface area contributed by atoms with Gasteiger partial charge in [-0.15, -0.1) is 0 Å². The van der Waals surface area contributed by atoms with Crippen LogP contribution in [0.2, 0.25) is 5.02 Å². The highest BCUT2D eigenvalue weighted by atomic mass is 35.5. The van der Waals surface area contributed by atoms with Gasteiger partial charge in [0.2, 0.25) is 0 Å². The first-order valence-electron chi connectivity index (χ1n) is 10.00.